The number of benzene rings is 1. The summed E-state index contributed by atoms with van der Waals surface area (Å²) in [5, 5.41) is 3.59. The molecule has 5 nitrogen and oxygen atoms in total. The van der Waals surface area contributed by atoms with Crippen LogP contribution in [0.15, 0.2) is 24.3 Å². The fraction of sp³-hybridized carbons (Fsp3) is 0.714. The summed E-state index contributed by atoms with van der Waals surface area (Å²) in [6.45, 7) is 9.88. The minimum Gasteiger partial charge on any atom is -0.385 e. The molecule has 0 amide bonds. The lowest BCUT2D eigenvalue weighted by molar-refractivity contribution is 0.141. The summed E-state index contributed by atoms with van der Waals surface area (Å²) >= 11 is 0. The zero-order chi connectivity index (χ0) is 18.6. The lowest BCUT2D eigenvalue weighted by atomic mass is 9.86. The van der Waals surface area contributed by atoms with Gasteiger partial charge in [0.1, 0.15) is 0 Å². The highest BCUT2D eigenvalue weighted by atomic mass is 16.5. The van der Waals surface area contributed by atoms with Gasteiger partial charge in [0.25, 0.3) is 0 Å². The third-order valence-electron chi connectivity index (χ3n) is 5.14. The number of nitrogens with two attached hydrogens (primary N) is 1. The molecule has 3 N–H and O–H groups in total. The standard InChI is InChI=1S/C21H37N3O2/c1-3-25-15-13-24(14-16-26-4-2)21-11-9-20(10-12-21)23-17-18-5-7-19(22)8-6-18/h9-12,18-19,23H,3-8,13-17,22H2,1-2H3/t18-,19-. The molecule has 0 saturated heterocycles. The van der Waals surface area contributed by atoms with E-state index in [0.29, 0.717) is 6.04 Å². The molecule has 1 aromatic rings. The van der Waals surface area contributed by atoms with Gasteiger partial charge in [0.2, 0.25) is 0 Å². The second kappa shape index (κ2) is 12.2. The molecule has 0 atom stereocenters. The Morgan fingerprint density at radius 2 is 1.54 bits per heavy atom. The van der Waals surface area contributed by atoms with Crippen molar-refractivity contribution >= 4 is 11.4 Å². The van der Waals surface area contributed by atoms with Gasteiger partial charge in [0.05, 0.1) is 13.2 Å². The van der Waals surface area contributed by atoms with E-state index in [9.17, 15) is 0 Å². The predicted octanol–water partition coefficient (Wildman–Crippen LogP) is 3.50. The van der Waals surface area contributed by atoms with E-state index >= 15 is 0 Å². The molecular formula is C21H37N3O2. The van der Waals surface area contributed by atoms with Crippen molar-refractivity contribution in [1.82, 2.24) is 0 Å². The van der Waals surface area contributed by atoms with Crippen molar-refractivity contribution in [2.45, 2.75) is 45.6 Å². The summed E-state index contributed by atoms with van der Waals surface area (Å²) in [4.78, 5) is 2.33. The van der Waals surface area contributed by atoms with Crippen LogP contribution in [0, 0.1) is 5.92 Å². The second-order valence-electron chi connectivity index (χ2n) is 7.09. The van der Waals surface area contributed by atoms with Crippen molar-refractivity contribution in [3.05, 3.63) is 24.3 Å². The number of nitrogens with zero attached hydrogens (tertiary/aromatic N) is 1. The molecule has 5 heteroatoms. The SMILES string of the molecule is CCOCCN(CCOCC)c1ccc(NC[C@H]2CC[C@H](N)CC2)cc1. The van der Waals surface area contributed by atoms with Gasteiger partial charge in [-0.05, 0) is 69.7 Å². The smallest absolute Gasteiger partial charge is 0.0641 e. The summed E-state index contributed by atoms with van der Waals surface area (Å²) in [5.41, 5.74) is 8.41. The highest BCUT2D eigenvalue weighted by Crippen LogP contribution is 2.24. The van der Waals surface area contributed by atoms with Gasteiger partial charge in [-0.3, -0.25) is 0 Å². The van der Waals surface area contributed by atoms with Gasteiger partial charge in [0.15, 0.2) is 0 Å². The molecule has 148 valence electrons. The van der Waals surface area contributed by atoms with Crippen LogP contribution in [0.1, 0.15) is 39.5 Å². The van der Waals surface area contributed by atoms with E-state index in [0.717, 1.165) is 52.0 Å². The molecule has 1 fully saturated rings. The summed E-state index contributed by atoms with van der Waals surface area (Å²) in [6.07, 6.45) is 4.82. The number of nitrogens with one attached hydrogen (secondary N) is 1. The Morgan fingerprint density at radius 3 is 2.08 bits per heavy atom. The highest BCUT2D eigenvalue weighted by Gasteiger charge is 2.18. The number of anilines is 2. The van der Waals surface area contributed by atoms with Crippen LogP contribution in [0.4, 0.5) is 11.4 Å². The van der Waals surface area contributed by atoms with Gasteiger partial charge in [-0.15, -0.1) is 0 Å². The van der Waals surface area contributed by atoms with E-state index in [-0.39, 0.29) is 0 Å². The van der Waals surface area contributed by atoms with Crippen LogP contribution >= 0.6 is 0 Å². The Kier molecular flexibility index (Phi) is 9.82. The third-order valence-corrected chi connectivity index (χ3v) is 5.14. The molecule has 0 radical (unpaired) electrons. The molecule has 0 heterocycles. The maximum atomic E-state index is 5.99. The van der Waals surface area contributed by atoms with Crippen LogP contribution in [0.2, 0.25) is 0 Å². The Labute approximate surface area is 159 Å². The zero-order valence-electron chi connectivity index (χ0n) is 16.6. The van der Waals surface area contributed by atoms with Crippen molar-refractivity contribution in [3.63, 3.8) is 0 Å². The molecule has 0 bridgehead atoms. The number of hydrogen-bond donors (Lipinski definition) is 2. The molecule has 0 aromatic heterocycles. The quantitative estimate of drug-likeness (QED) is 0.557. The molecule has 1 aliphatic rings. The van der Waals surface area contributed by atoms with E-state index < -0.39 is 0 Å². The van der Waals surface area contributed by atoms with Gasteiger partial charge in [-0.1, -0.05) is 0 Å². The lowest BCUT2D eigenvalue weighted by Gasteiger charge is -2.27. The highest BCUT2D eigenvalue weighted by molar-refractivity contribution is 5.55. The van der Waals surface area contributed by atoms with Gasteiger partial charge < -0.3 is 25.4 Å². The summed E-state index contributed by atoms with van der Waals surface area (Å²) < 4.78 is 11.1. The second-order valence-corrected chi connectivity index (χ2v) is 7.09. The minimum atomic E-state index is 0.421. The summed E-state index contributed by atoms with van der Waals surface area (Å²) in [5.74, 6) is 0.753. The van der Waals surface area contributed by atoms with Gasteiger partial charge in [0, 0.05) is 50.3 Å². The predicted molar refractivity (Wildman–Crippen MR) is 110 cm³/mol. The van der Waals surface area contributed by atoms with Crippen molar-refractivity contribution in [2.75, 3.05) is 56.3 Å². The number of hydrogen-bond acceptors (Lipinski definition) is 5. The van der Waals surface area contributed by atoms with Crippen molar-refractivity contribution in [3.8, 4) is 0 Å². The van der Waals surface area contributed by atoms with Crippen LogP contribution in [0.5, 0.6) is 0 Å². The van der Waals surface area contributed by atoms with Crippen LogP contribution in [0.3, 0.4) is 0 Å². The van der Waals surface area contributed by atoms with E-state index in [4.69, 9.17) is 15.2 Å². The molecule has 0 aliphatic heterocycles. The van der Waals surface area contributed by atoms with E-state index in [1.165, 1.54) is 37.1 Å². The molecule has 1 aromatic carbocycles. The first-order chi connectivity index (χ1) is 12.7. The van der Waals surface area contributed by atoms with E-state index in [1.54, 1.807) is 0 Å². The molecule has 0 unspecified atom stereocenters. The molecule has 1 aliphatic carbocycles. The first-order valence-electron chi connectivity index (χ1n) is 10.2. The molecule has 1 saturated carbocycles. The third kappa shape index (κ3) is 7.52. The Hall–Kier alpha value is -1.30. The van der Waals surface area contributed by atoms with Gasteiger partial charge in [-0.25, -0.2) is 0 Å². The first kappa shape index (κ1) is 21.0. The van der Waals surface area contributed by atoms with Crippen LogP contribution < -0.4 is 16.0 Å². The number of rotatable bonds is 12. The molecule has 2 rings (SSSR count). The molecule has 26 heavy (non-hydrogen) atoms. The lowest BCUT2D eigenvalue weighted by Crippen LogP contribution is -2.31. The summed E-state index contributed by atoms with van der Waals surface area (Å²) in [6, 6.07) is 9.16. The molecular weight excluding hydrogens is 326 g/mol. The largest absolute Gasteiger partial charge is 0.385 e. The topological polar surface area (TPSA) is 59.8 Å². The van der Waals surface area contributed by atoms with E-state index in [1.807, 2.05) is 13.8 Å². The van der Waals surface area contributed by atoms with Crippen LogP contribution in [-0.4, -0.2) is 52.1 Å². The van der Waals surface area contributed by atoms with Crippen LogP contribution in [-0.2, 0) is 9.47 Å². The fourth-order valence-electron chi connectivity index (χ4n) is 3.45. The Bertz CT molecular complexity index is 463. The maximum Gasteiger partial charge on any atom is 0.0641 e. The average Bonchev–Trinajstić information content (AvgIpc) is 2.67. The summed E-state index contributed by atoms with van der Waals surface area (Å²) in [7, 11) is 0. The normalized spacial score (nSPS) is 20.1. The van der Waals surface area contributed by atoms with E-state index in [2.05, 4.69) is 34.5 Å². The van der Waals surface area contributed by atoms with Crippen molar-refractivity contribution in [1.29, 1.82) is 0 Å². The maximum absolute atomic E-state index is 5.99. The van der Waals surface area contributed by atoms with Gasteiger partial charge >= 0.3 is 0 Å². The fourth-order valence-corrected chi connectivity index (χ4v) is 3.45. The first-order valence-corrected chi connectivity index (χ1v) is 10.2. The van der Waals surface area contributed by atoms with Crippen molar-refractivity contribution < 1.29 is 9.47 Å². The average molecular weight is 364 g/mol. The monoisotopic (exact) mass is 363 g/mol. The Balaban J connectivity index is 1.83. The Morgan fingerprint density at radius 1 is 0.962 bits per heavy atom. The van der Waals surface area contributed by atoms with Crippen molar-refractivity contribution in [2.24, 2.45) is 11.7 Å². The van der Waals surface area contributed by atoms with Crippen LogP contribution in [0.25, 0.3) is 0 Å². The zero-order valence-corrected chi connectivity index (χ0v) is 16.6. The molecule has 0 spiro atoms. The minimum absolute atomic E-state index is 0.421. The van der Waals surface area contributed by atoms with Gasteiger partial charge in [-0.2, -0.15) is 0 Å². The number of ether oxygens (including phenoxy) is 2.